The van der Waals surface area contributed by atoms with Crippen LogP contribution in [0.25, 0.3) is 0 Å². The topological polar surface area (TPSA) is 32.6 Å². The molecule has 0 aliphatic carbocycles. The lowest BCUT2D eigenvalue weighted by atomic mass is 9.66. The summed E-state index contributed by atoms with van der Waals surface area (Å²) in [5.41, 5.74) is 0. The van der Waals surface area contributed by atoms with Crippen molar-refractivity contribution < 1.29 is 26.4 Å². The van der Waals surface area contributed by atoms with Gasteiger partial charge in [-0.25, -0.2) is 27.6 Å². The largest absolute Gasteiger partial charge is 0.509 e. The van der Waals surface area contributed by atoms with Gasteiger partial charge in [-0.05, 0) is 6.92 Å². The van der Waals surface area contributed by atoms with Gasteiger partial charge in [-0.1, -0.05) is 5.97 Å². The molecule has 3 nitrogen and oxygen atoms in total. The van der Waals surface area contributed by atoms with Gasteiger partial charge in [0.25, 0.3) is 0 Å². The van der Waals surface area contributed by atoms with Gasteiger partial charge >= 0.3 is 12.8 Å². The molecule has 0 spiro atoms. The minimum atomic E-state index is -5.83. The van der Waals surface area contributed by atoms with Crippen LogP contribution in [0.15, 0.2) is 18.7 Å². The fraction of sp³-hybridized carbons (Fsp3) is 0.500. The van der Waals surface area contributed by atoms with E-state index in [9.17, 15) is 21.8 Å². The van der Waals surface area contributed by atoms with E-state index in [0.717, 1.165) is 6.54 Å². The number of alkyl halides is 3. The maximum Gasteiger partial charge on any atom is 0.509 e. The van der Waals surface area contributed by atoms with Crippen LogP contribution in [0.1, 0.15) is 6.92 Å². The van der Waals surface area contributed by atoms with E-state index >= 15 is 0 Å². The van der Waals surface area contributed by atoms with Gasteiger partial charge in [0.15, 0.2) is 0 Å². The molecule has 9 heteroatoms. The van der Waals surface area contributed by atoms with Crippen molar-refractivity contribution in [3.05, 3.63) is 18.7 Å². The second-order valence-electron chi connectivity index (χ2n) is 3.24. The Bertz CT molecular complexity index is 393. The highest BCUT2D eigenvalue weighted by atomic mass is 19.4. The molecule has 17 heavy (non-hydrogen) atoms. The summed E-state index contributed by atoms with van der Waals surface area (Å²) in [5.74, 6) is -0.115. The molecule has 0 amide bonds. The second-order valence-corrected chi connectivity index (χ2v) is 3.24. The van der Waals surface area contributed by atoms with Gasteiger partial charge in [0, 0.05) is 0 Å². The zero-order valence-electron chi connectivity index (χ0n) is 9.25. The minimum absolute atomic E-state index is 0.115. The molecule has 0 unspecified atom stereocenters. The first-order chi connectivity index (χ1) is 7.64. The number of nitrogens with zero attached hydrogens (tertiary/aromatic N) is 3. The molecular weight excluding hydrogens is 244 g/mol. The summed E-state index contributed by atoms with van der Waals surface area (Å²) in [4.78, 5) is 0. The average molecular weight is 255 g/mol. The standard InChI is InChI=1S/C6H11N2.C2BF5N/c1-3-8-5-4-7(2)6-8;4-2(5,6)3(7,8)1-9/h4-6H,3H2,1-2H3;/q+1;-1. The Morgan fingerprint density at radius 1 is 1.41 bits per heavy atom. The van der Waals surface area contributed by atoms with Gasteiger partial charge in [-0.3, -0.25) is 0 Å². The lowest BCUT2D eigenvalue weighted by Crippen LogP contribution is -2.40. The fourth-order valence-electron chi connectivity index (χ4n) is 0.762. The molecule has 0 N–H and O–H groups in total. The molecule has 0 saturated carbocycles. The quantitative estimate of drug-likeness (QED) is 0.428. The van der Waals surface area contributed by atoms with E-state index in [1.807, 2.05) is 17.8 Å². The van der Waals surface area contributed by atoms with Crippen molar-refractivity contribution in [2.45, 2.75) is 19.5 Å². The number of hydrogen-bond donors (Lipinski definition) is 0. The minimum Gasteiger partial charge on any atom is -0.459 e. The number of halogens is 5. The summed E-state index contributed by atoms with van der Waals surface area (Å²) >= 11 is 0. The van der Waals surface area contributed by atoms with E-state index in [1.165, 1.54) is 0 Å². The van der Waals surface area contributed by atoms with Crippen LogP contribution >= 0.6 is 0 Å². The summed E-state index contributed by atoms with van der Waals surface area (Å²) in [5, 5.41) is 7.24. The summed E-state index contributed by atoms with van der Waals surface area (Å²) in [6, 6.07) is 0. The van der Waals surface area contributed by atoms with E-state index in [4.69, 9.17) is 5.26 Å². The molecule has 1 heterocycles. The van der Waals surface area contributed by atoms with Crippen molar-refractivity contribution in [2.75, 3.05) is 0 Å². The maximum atomic E-state index is 11.2. The third kappa shape index (κ3) is 4.84. The van der Waals surface area contributed by atoms with Crippen LogP contribution in [0.2, 0.25) is 0 Å². The van der Waals surface area contributed by atoms with Crippen LogP contribution in [0.5, 0.6) is 0 Å². The molecule has 1 aromatic heterocycles. The number of hydrogen-bond acceptors (Lipinski definition) is 1. The normalized spacial score (nSPS) is 11.4. The fourth-order valence-corrected chi connectivity index (χ4v) is 0.762. The molecular formula is C8H11BF5N3. The van der Waals surface area contributed by atoms with Crippen molar-refractivity contribution in [3.63, 3.8) is 0 Å². The summed E-state index contributed by atoms with van der Waals surface area (Å²) in [6.07, 6.45) is 0.457. The molecule has 1 rings (SSSR count). The van der Waals surface area contributed by atoms with Gasteiger partial charge in [0.2, 0.25) is 6.33 Å². The molecule has 0 bridgehead atoms. The summed E-state index contributed by atoms with van der Waals surface area (Å²) in [7, 11) is 2.02. The molecule has 0 saturated heterocycles. The Labute approximate surface area is 95.1 Å². The summed E-state index contributed by atoms with van der Waals surface area (Å²) in [6.45, 7) is -2.64. The smallest absolute Gasteiger partial charge is 0.459 e. The lowest BCUT2D eigenvalue weighted by molar-refractivity contribution is -0.693. The second kappa shape index (κ2) is 5.66. The number of rotatable bonds is 1. The van der Waals surface area contributed by atoms with Crippen LogP contribution in [-0.2, 0) is 13.6 Å². The highest BCUT2D eigenvalue weighted by molar-refractivity contribution is 6.75. The SMILES string of the molecule is CC[n+]1ccn(C)c1.N#C[B-](F)(F)C(F)(F)F. The van der Waals surface area contributed by atoms with E-state index in [2.05, 4.69) is 24.0 Å². The summed E-state index contributed by atoms with van der Waals surface area (Å²) < 4.78 is 59.3. The van der Waals surface area contributed by atoms with Crippen LogP contribution in [0.4, 0.5) is 21.8 Å². The van der Waals surface area contributed by atoms with E-state index in [1.54, 1.807) is 0 Å². The Balaban J connectivity index is 0.000000302. The van der Waals surface area contributed by atoms with E-state index in [0.29, 0.717) is 0 Å². The van der Waals surface area contributed by atoms with Gasteiger partial charge in [0.1, 0.15) is 12.4 Å². The molecule has 0 aliphatic rings. The first kappa shape index (κ1) is 15.4. The van der Waals surface area contributed by atoms with Crippen molar-refractivity contribution >= 4 is 6.70 Å². The molecule has 96 valence electrons. The zero-order chi connectivity index (χ0) is 13.7. The molecule has 0 aliphatic heterocycles. The molecule has 0 fully saturated rings. The van der Waals surface area contributed by atoms with Crippen molar-refractivity contribution in [3.8, 4) is 5.97 Å². The van der Waals surface area contributed by atoms with Gasteiger partial charge < -0.3 is 8.63 Å². The first-order valence-corrected chi connectivity index (χ1v) is 4.64. The van der Waals surface area contributed by atoms with Gasteiger partial charge in [-0.2, -0.15) is 0 Å². The maximum absolute atomic E-state index is 11.2. The van der Waals surface area contributed by atoms with Crippen molar-refractivity contribution in [1.29, 1.82) is 5.26 Å². The van der Waals surface area contributed by atoms with Crippen LogP contribution in [0, 0.1) is 11.2 Å². The van der Waals surface area contributed by atoms with Crippen LogP contribution < -0.4 is 4.57 Å². The Morgan fingerprint density at radius 3 is 2.06 bits per heavy atom. The van der Waals surface area contributed by atoms with Crippen molar-refractivity contribution in [2.24, 2.45) is 7.05 Å². The average Bonchev–Trinajstić information content (AvgIpc) is 2.63. The third-order valence-electron chi connectivity index (χ3n) is 1.76. The predicted molar refractivity (Wildman–Crippen MR) is 50.9 cm³/mol. The molecule has 0 atom stereocenters. The third-order valence-corrected chi connectivity index (χ3v) is 1.76. The highest BCUT2D eigenvalue weighted by Crippen LogP contribution is 2.29. The van der Waals surface area contributed by atoms with Gasteiger partial charge in [-0.15, -0.1) is 0 Å². The molecule has 0 aromatic carbocycles. The molecule has 1 aromatic rings. The predicted octanol–water partition coefficient (Wildman–Crippen LogP) is 1.86. The number of aryl methyl sites for hydroxylation is 2. The van der Waals surface area contributed by atoms with Crippen molar-refractivity contribution in [1.82, 2.24) is 4.57 Å². The first-order valence-electron chi connectivity index (χ1n) is 4.64. The Kier molecular flexibility index (Phi) is 5.13. The highest BCUT2D eigenvalue weighted by Gasteiger charge is 2.52. The Morgan fingerprint density at radius 2 is 1.94 bits per heavy atom. The molecule has 0 radical (unpaired) electrons. The number of imidazole rings is 1. The van der Waals surface area contributed by atoms with E-state index < -0.39 is 12.8 Å². The van der Waals surface area contributed by atoms with Crippen LogP contribution in [0.3, 0.4) is 0 Å². The Hall–Kier alpha value is -1.59. The van der Waals surface area contributed by atoms with Gasteiger partial charge in [0.05, 0.1) is 13.6 Å². The zero-order valence-corrected chi connectivity index (χ0v) is 9.25. The monoisotopic (exact) mass is 255 g/mol. The number of nitriles is 1. The lowest BCUT2D eigenvalue weighted by Gasteiger charge is -2.18. The van der Waals surface area contributed by atoms with E-state index in [-0.39, 0.29) is 5.97 Å². The van der Waals surface area contributed by atoms with Crippen LogP contribution in [-0.4, -0.2) is 17.3 Å². The number of aromatic nitrogens is 2.